The molecule has 1 fully saturated rings. The number of hydrogen-bond acceptors (Lipinski definition) is 5. The molecule has 29 heavy (non-hydrogen) atoms. The first-order valence-corrected chi connectivity index (χ1v) is 10.2. The summed E-state index contributed by atoms with van der Waals surface area (Å²) >= 11 is 0. The van der Waals surface area contributed by atoms with E-state index in [9.17, 15) is 9.59 Å². The Morgan fingerprint density at radius 2 is 1.90 bits per heavy atom. The molecule has 3 rings (SSSR count). The molecule has 0 spiro atoms. The molecule has 1 aromatic carbocycles. The number of ether oxygens (including phenoxy) is 1. The highest BCUT2D eigenvalue weighted by molar-refractivity contribution is 6.07. The van der Waals surface area contributed by atoms with Gasteiger partial charge in [-0.15, -0.1) is 0 Å². The summed E-state index contributed by atoms with van der Waals surface area (Å²) in [6.45, 7) is 5.63. The molecule has 1 aliphatic rings. The third-order valence-electron chi connectivity index (χ3n) is 4.82. The maximum absolute atomic E-state index is 12.8. The summed E-state index contributed by atoms with van der Waals surface area (Å²) in [5.41, 5.74) is 2.35. The van der Waals surface area contributed by atoms with Crippen LogP contribution in [0.25, 0.3) is 0 Å². The molecule has 1 aliphatic heterocycles. The molecule has 154 valence electrons. The fraction of sp³-hybridized carbons (Fsp3) is 0.409. The van der Waals surface area contributed by atoms with Gasteiger partial charge >= 0.3 is 0 Å². The van der Waals surface area contributed by atoms with Gasteiger partial charge in [-0.1, -0.05) is 31.9 Å². The van der Waals surface area contributed by atoms with E-state index in [1.807, 2.05) is 24.3 Å². The number of para-hydroxylation sites is 2. The molecular formula is C22H28N4O3. The Kier molecular flexibility index (Phi) is 7.58. The minimum atomic E-state index is -0.270. The van der Waals surface area contributed by atoms with Crippen LogP contribution >= 0.6 is 0 Å². The maximum atomic E-state index is 12.8. The van der Waals surface area contributed by atoms with E-state index in [0.29, 0.717) is 25.3 Å². The zero-order valence-corrected chi connectivity index (χ0v) is 16.8. The summed E-state index contributed by atoms with van der Waals surface area (Å²) in [7, 11) is 0. The molecule has 7 nitrogen and oxygen atoms in total. The van der Waals surface area contributed by atoms with Crippen LogP contribution < -0.4 is 15.5 Å². The van der Waals surface area contributed by atoms with Crippen molar-refractivity contribution in [2.75, 3.05) is 43.1 Å². The van der Waals surface area contributed by atoms with Crippen LogP contribution in [-0.4, -0.2) is 49.6 Å². The Hall–Kier alpha value is -2.93. The number of carbonyl (C=O) groups excluding carboxylic acids is 2. The van der Waals surface area contributed by atoms with Crippen molar-refractivity contribution in [3.8, 4) is 0 Å². The number of aromatic nitrogens is 1. The number of nitrogens with one attached hydrogen (secondary N) is 2. The van der Waals surface area contributed by atoms with Crippen molar-refractivity contribution in [2.45, 2.75) is 26.2 Å². The molecule has 2 aromatic rings. The van der Waals surface area contributed by atoms with Gasteiger partial charge in [0.25, 0.3) is 11.8 Å². The molecule has 0 radical (unpaired) electrons. The SMILES string of the molecule is CCCCCNC(=O)c1cc(C(=O)Nc2ccccc2N2CCOCC2)ccn1. The van der Waals surface area contributed by atoms with E-state index in [0.717, 1.165) is 43.7 Å². The third kappa shape index (κ3) is 5.77. The van der Waals surface area contributed by atoms with Crippen LogP contribution in [0, 0.1) is 0 Å². The molecule has 0 aliphatic carbocycles. The van der Waals surface area contributed by atoms with Gasteiger partial charge in [-0.2, -0.15) is 0 Å². The number of nitrogens with zero attached hydrogens (tertiary/aromatic N) is 2. The number of hydrogen-bond donors (Lipinski definition) is 2. The van der Waals surface area contributed by atoms with E-state index in [1.165, 1.54) is 12.3 Å². The second-order valence-corrected chi connectivity index (χ2v) is 6.96. The normalized spacial score (nSPS) is 13.8. The summed E-state index contributed by atoms with van der Waals surface area (Å²) in [6, 6.07) is 10.9. The van der Waals surface area contributed by atoms with Crippen molar-refractivity contribution >= 4 is 23.2 Å². The Bertz CT molecular complexity index is 834. The predicted molar refractivity (Wildman–Crippen MR) is 114 cm³/mol. The summed E-state index contributed by atoms with van der Waals surface area (Å²) in [4.78, 5) is 31.4. The van der Waals surface area contributed by atoms with E-state index in [2.05, 4.69) is 27.4 Å². The van der Waals surface area contributed by atoms with Crippen molar-refractivity contribution in [1.29, 1.82) is 0 Å². The number of benzene rings is 1. The van der Waals surface area contributed by atoms with Gasteiger partial charge in [0.15, 0.2) is 0 Å². The van der Waals surface area contributed by atoms with E-state index in [1.54, 1.807) is 6.07 Å². The molecule has 2 heterocycles. The van der Waals surface area contributed by atoms with Crippen LogP contribution in [-0.2, 0) is 4.74 Å². The largest absolute Gasteiger partial charge is 0.378 e. The molecule has 0 unspecified atom stereocenters. The number of carbonyl (C=O) groups is 2. The Labute approximate surface area is 171 Å². The zero-order valence-electron chi connectivity index (χ0n) is 16.8. The number of unbranched alkanes of at least 4 members (excludes halogenated alkanes) is 2. The number of rotatable bonds is 8. The molecule has 1 saturated heterocycles. The van der Waals surface area contributed by atoms with E-state index < -0.39 is 0 Å². The van der Waals surface area contributed by atoms with Crippen LogP contribution in [0.5, 0.6) is 0 Å². The van der Waals surface area contributed by atoms with Gasteiger partial charge in [-0.25, -0.2) is 0 Å². The van der Waals surface area contributed by atoms with Gasteiger partial charge < -0.3 is 20.3 Å². The second kappa shape index (κ2) is 10.6. The lowest BCUT2D eigenvalue weighted by Crippen LogP contribution is -2.36. The van der Waals surface area contributed by atoms with E-state index in [4.69, 9.17) is 4.74 Å². The van der Waals surface area contributed by atoms with Crippen LogP contribution in [0.1, 0.15) is 47.0 Å². The smallest absolute Gasteiger partial charge is 0.269 e. The fourth-order valence-electron chi connectivity index (χ4n) is 3.22. The lowest BCUT2D eigenvalue weighted by atomic mass is 10.1. The first kappa shape index (κ1) is 20.8. The highest BCUT2D eigenvalue weighted by Gasteiger charge is 2.17. The van der Waals surface area contributed by atoms with Crippen molar-refractivity contribution in [3.63, 3.8) is 0 Å². The average molecular weight is 396 g/mol. The summed E-state index contributed by atoms with van der Waals surface area (Å²) in [5.74, 6) is -0.530. The van der Waals surface area contributed by atoms with Gasteiger partial charge in [0.05, 0.1) is 24.6 Å². The summed E-state index contributed by atoms with van der Waals surface area (Å²) in [6.07, 6.45) is 4.58. The van der Waals surface area contributed by atoms with Crippen molar-refractivity contribution < 1.29 is 14.3 Å². The quantitative estimate of drug-likeness (QED) is 0.670. The number of amides is 2. The molecule has 0 saturated carbocycles. The topological polar surface area (TPSA) is 83.6 Å². The van der Waals surface area contributed by atoms with E-state index >= 15 is 0 Å². The third-order valence-corrected chi connectivity index (χ3v) is 4.82. The van der Waals surface area contributed by atoms with Crippen molar-refractivity contribution in [1.82, 2.24) is 10.3 Å². The fourth-order valence-corrected chi connectivity index (χ4v) is 3.22. The first-order chi connectivity index (χ1) is 14.2. The molecule has 2 N–H and O–H groups in total. The highest BCUT2D eigenvalue weighted by Crippen LogP contribution is 2.26. The Morgan fingerprint density at radius 1 is 1.10 bits per heavy atom. The Morgan fingerprint density at radius 3 is 2.69 bits per heavy atom. The molecule has 0 atom stereocenters. The minimum Gasteiger partial charge on any atom is -0.378 e. The standard InChI is InChI=1S/C22H28N4O3/c1-2-3-6-10-24-22(28)19-16-17(9-11-23-19)21(27)25-18-7-4-5-8-20(18)26-12-14-29-15-13-26/h4-5,7-9,11,16H,2-3,6,10,12-15H2,1H3,(H,24,28)(H,25,27). The van der Waals surface area contributed by atoms with Crippen molar-refractivity contribution in [2.24, 2.45) is 0 Å². The number of anilines is 2. The summed E-state index contributed by atoms with van der Waals surface area (Å²) in [5, 5.41) is 5.82. The lowest BCUT2D eigenvalue weighted by Gasteiger charge is -2.30. The average Bonchev–Trinajstić information content (AvgIpc) is 2.77. The molecule has 0 bridgehead atoms. The Balaban J connectivity index is 1.68. The number of pyridine rings is 1. The molecule has 7 heteroatoms. The van der Waals surface area contributed by atoms with Gasteiger partial charge in [0.1, 0.15) is 5.69 Å². The molecule has 1 aromatic heterocycles. The second-order valence-electron chi connectivity index (χ2n) is 6.96. The molecular weight excluding hydrogens is 368 g/mol. The van der Waals surface area contributed by atoms with Gasteiger partial charge in [-0.3, -0.25) is 14.6 Å². The highest BCUT2D eigenvalue weighted by atomic mass is 16.5. The van der Waals surface area contributed by atoms with Crippen LogP contribution in [0.3, 0.4) is 0 Å². The monoisotopic (exact) mass is 396 g/mol. The van der Waals surface area contributed by atoms with Crippen molar-refractivity contribution in [3.05, 3.63) is 53.9 Å². The van der Waals surface area contributed by atoms with Gasteiger partial charge in [0, 0.05) is 31.4 Å². The van der Waals surface area contributed by atoms with Crippen LogP contribution in [0.2, 0.25) is 0 Å². The maximum Gasteiger partial charge on any atom is 0.269 e. The minimum absolute atomic E-state index is 0.246. The number of morpholine rings is 1. The predicted octanol–water partition coefficient (Wildman–Crippen LogP) is 3.09. The van der Waals surface area contributed by atoms with Crippen LogP contribution in [0.15, 0.2) is 42.6 Å². The van der Waals surface area contributed by atoms with Crippen LogP contribution in [0.4, 0.5) is 11.4 Å². The zero-order chi connectivity index (χ0) is 20.5. The summed E-state index contributed by atoms with van der Waals surface area (Å²) < 4.78 is 5.41. The van der Waals surface area contributed by atoms with Gasteiger partial charge in [0.2, 0.25) is 0 Å². The first-order valence-electron chi connectivity index (χ1n) is 10.2. The lowest BCUT2D eigenvalue weighted by molar-refractivity contribution is 0.0948. The molecule has 2 amide bonds. The van der Waals surface area contributed by atoms with E-state index in [-0.39, 0.29) is 17.5 Å². The van der Waals surface area contributed by atoms with Gasteiger partial charge in [-0.05, 0) is 30.7 Å².